The van der Waals surface area contributed by atoms with Gasteiger partial charge in [0.15, 0.2) is 17.5 Å². The van der Waals surface area contributed by atoms with Crippen molar-refractivity contribution in [3.63, 3.8) is 0 Å². The minimum Gasteiger partial charge on any atom is -0.208 e. The summed E-state index contributed by atoms with van der Waals surface area (Å²) in [5, 5.41) is 9.65. The van der Waals surface area contributed by atoms with Crippen LogP contribution in [0.4, 0.5) is 0 Å². The van der Waals surface area contributed by atoms with Crippen LogP contribution < -0.4 is 0 Å². The monoisotopic (exact) mass is 717 g/mol. The summed E-state index contributed by atoms with van der Waals surface area (Å²) < 4.78 is 2.53. The highest BCUT2D eigenvalue weighted by molar-refractivity contribution is 7.25. The Bertz CT molecular complexity index is 3280. The van der Waals surface area contributed by atoms with Gasteiger partial charge in [-0.3, -0.25) is 0 Å². The third kappa shape index (κ3) is 5.46. The average molecular weight is 718 g/mol. The lowest BCUT2D eigenvalue weighted by atomic mass is 9.92. The molecular weight excluding hydrogens is 687 g/mol. The molecule has 256 valence electrons. The zero-order valence-corrected chi connectivity index (χ0v) is 30.5. The van der Waals surface area contributed by atoms with Crippen LogP contribution in [0.15, 0.2) is 188 Å². The Kier molecular flexibility index (Phi) is 7.35. The highest BCUT2D eigenvalue weighted by Crippen LogP contribution is 2.39. The maximum absolute atomic E-state index is 5.20. The first-order chi connectivity index (χ1) is 27.2. The van der Waals surface area contributed by atoms with Gasteiger partial charge in [-0.05, 0) is 91.0 Å². The van der Waals surface area contributed by atoms with Crippen molar-refractivity contribution in [2.75, 3.05) is 0 Å². The molecule has 0 radical (unpaired) electrons. The molecule has 0 N–H and O–H groups in total. The molecule has 0 aliphatic rings. The predicted molar refractivity (Wildman–Crippen MR) is 232 cm³/mol. The van der Waals surface area contributed by atoms with E-state index in [1.807, 2.05) is 11.3 Å². The van der Waals surface area contributed by atoms with Crippen molar-refractivity contribution in [3.05, 3.63) is 188 Å². The van der Waals surface area contributed by atoms with Crippen LogP contribution in [0.3, 0.4) is 0 Å². The number of hydrogen-bond donors (Lipinski definition) is 0. The Morgan fingerprint density at radius 1 is 0.273 bits per heavy atom. The highest BCUT2D eigenvalue weighted by atomic mass is 32.1. The molecule has 4 heteroatoms. The van der Waals surface area contributed by atoms with Gasteiger partial charge in [-0.25, -0.2) is 15.0 Å². The topological polar surface area (TPSA) is 38.7 Å². The summed E-state index contributed by atoms with van der Waals surface area (Å²) >= 11 is 1.81. The Morgan fingerprint density at radius 2 is 0.745 bits per heavy atom. The van der Waals surface area contributed by atoms with Gasteiger partial charge in [0, 0.05) is 36.9 Å². The van der Waals surface area contributed by atoms with Crippen molar-refractivity contribution < 1.29 is 0 Å². The van der Waals surface area contributed by atoms with Crippen LogP contribution in [-0.4, -0.2) is 15.0 Å². The fraction of sp³-hybridized carbons (Fsp3) is 0. The van der Waals surface area contributed by atoms with E-state index in [1.54, 1.807) is 0 Å². The molecule has 0 bridgehead atoms. The molecule has 0 fully saturated rings. The smallest absolute Gasteiger partial charge is 0.164 e. The van der Waals surface area contributed by atoms with Crippen molar-refractivity contribution in [2.45, 2.75) is 0 Å². The summed E-state index contributed by atoms with van der Waals surface area (Å²) in [6, 6.07) is 67.1. The van der Waals surface area contributed by atoms with E-state index < -0.39 is 0 Å². The van der Waals surface area contributed by atoms with E-state index in [0.717, 1.165) is 38.6 Å². The van der Waals surface area contributed by atoms with E-state index in [2.05, 4.69) is 188 Å². The normalized spacial score (nSPS) is 11.6. The second-order valence-electron chi connectivity index (χ2n) is 14.0. The molecule has 0 atom stereocenters. The number of aromatic nitrogens is 3. The highest BCUT2D eigenvalue weighted by Gasteiger charge is 2.17. The van der Waals surface area contributed by atoms with E-state index in [0.29, 0.717) is 17.5 Å². The van der Waals surface area contributed by atoms with Crippen LogP contribution in [0.5, 0.6) is 0 Å². The molecule has 0 saturated carbocycles. The molecule has 0 saturated heterocycles. The molecule has 0 aliphatic carbocycles. The maximum atomic E-state index is 5.20. The summed E-state index contributed by atoms with van der Waals surface area (Å²) in [7, 11) is 0. The van der Waals surface area contributed by atoms with Crippen molar-refractivity contribution in [1.82, 2.24) is 15.0 Å². The molecule has 9 aromatic carbocycles. The number of thiophene rings is 1. The number of rotatable bonds is 5. The Labute approximate surface area is 321 Å². The lowest BCUT2D eigenvalue weighted by Crippen LogP contribution is -2.00. The molecule has 0 spiro atoms. The lowest BCUT2D eigenvalue weighted by Gasteiger charge is -2.13. The molecule has 55 heavy (non-hydrogen) atoms. The van der Waals surface area contributed by atoms with Gasteiger partial charge in [-0.1, -0.05) is 152 Å². The maximum Gasteiger partial charge on any atom is 0.164 e. The largest absolute Gasteiger partial charge is 0.208 e. The number of hydrogen-bond acceptors (Lipinski definition) is 4. The van der Waals surface area contributed by atoms with Gasteiger partial charge >= 0.3 is 0 Å². The van der Waals surface area contributed by atoms with Crippen LogP contribution in [0.25, 0.3) is 109 Å². The summed E-state index contributed by atoms with van der Waals surface area (Å²) in [6.07, 6.45) is 0. The van der Waals surface area contributed by atoms with Gasteiger partial charge in [0.2, 0.25) is 0 Å². The van der Waals surface area contributed by atoms with Crippen LogP contribution in [-0.2, 0) is 0 Å². The second kappa shape index (κ2) is 12.8. The molecule has 2 aromatic heterocycles. The van der Waals surface area contributed by atoms with E-state index in [1.165, 1.54) is 52.8 Å². The first-order valence-electron chi connectivity index (χ1n) is 18.5. The fourth-order valence-electron chi connectivity index (χ4n) is 8.03. The Hall–Kier alpha value is -7.01. The van der Waals surface area contributed by atoms with Gasteiger partial charge in [0.1, 0.15) is 0 Å². The van der Waals surface area contributed by atoms with E-state index in [9.17, 15) is 0 Å². The molecule has 11 rings (SSSR count). The van der Waals surface area contributed by atoms with E-state index in [-0.39, 0.29) is 0 Å². The third-order valence-electron chi connectivity index (χ3n) is 10.7. The van der Waals surface area contributed by atoms with Crippen LogP contribution in [0, 0.1) is 0 Å². The second-order valence-corrected chi connectivity index (χ2v) is 15.1. The van der Waals surface area contributed by atoms with Gasteiger partial charge in [0.25, 0.3) is 0 Å². The summed E-state index contributed by atoms with van der Waals surface area (Å²) in [5.41, 5.74) is 7.59. The van der Waals surface area contributed by atoms with E-state index in [4.69, 9.17) is 15.0 Å². The average Bonchev–Trinajstić information content (AvgIpc) is 3.63. The van der Waals surface area contributed by atoms with Crippen molar-refractivity contribution in [3.8, 4) is 56.4 Å². The standard InChI is InChI=1S/C51H31N3S/c1-3-18-39-32(11-1)13-8-21-41(39)42-22-9-15-34-25-26-36(30-45(34)42)35-16-7-17-37(29-35)49-52-50(38-27-28-48-46(31-38)43-20-5-6-24-47(43)55-48)54-51(53-49)44-23-10-14-33-12-2-4-19-40(33)44/h1-31H. The summed E-state index contributed by atoms with van der Waals surface area (Å²) in [4.78, 5) is 15.6. The zero-order valence-electron chi connectivity index (χ0n) is 29.6. The number of nitrogens with zero attached hydrogens (tertiary/aromatic N) is 3. The molecule has 11 aromatic rings. The van der Waals surface area contributed by atoms with Crippen molar-refractivity contribution in [2.24, 2.45) is 0 Å². The lowest BCUT2D eigenvalue weighted by molar-refractivity contribution is 1.08. The van der Waals surface area contributed by atoms with Gasteiger partial charge in [0.05, 0.1) is 0 Å². The fourth-order valence-corrected chi connectivity index (χ4v) is 9.11. The molecule has 2 heterocycles. The quantitative estimate of drug-likeness (QED) is 0.178. The van der Waals surface area contributed by atoms with Gasteiger partial charge in [-0.2, -0.15) is 0 Å². The van der Waals surface area contributed by atoms with Crippen LogP contribution in [0.2, 0.25) is 0 Å². The third-order valence-corrected chi connectivity index (χ3v) is 11.9. The molecule has 3 nitrogen and oxygen atoms in total. The minimum absolute atomic E-state index is 0.641. The zero-order chi connectivity index (χ0) is 36.3. The first-order valence-corrected chi connectivity index (χ1v) is 19.3. The van der Waals surface area contributed by atoms with Gasteiger partial charge < -0.3 is 0 Å². The Morgan fingerprint density at radius 3 is 1.51 bits per heavy atom. The molecule has 0 unspecified atom stereocenters. The van der Waals surface area contributed by atoms with E-state index >= 15 is 0 Å². The molecular formula is C51H31N3S. The predicted octanol–water partition coefficient (Wildman–Crippen LogP) is 14.0. The number of benzene rings is 9. The SMILES string of the molecule is c1cc(-c2ccc3cccc(-c4cccc5ccccc45)c3c2)cc(-c2nc(-c3ccc4sc5ccccc5c4c3)nc(-c3cccc4ccccc34)n2)c1. The number of fused-ring (bicyclic) bond motifs is 6. The van der Waals surface area contributed by atoms with Gasteiger partial charge in [-0.15, -0.1) is 11.3 Å². The van der Waals surface area contributed by atoms with Crippen LogP contribution >= 0.6 is 11.3 Å². The summed E-state index contributed by atoms with van der Waals surface area (Å²) in [6.45, 7) is 0. The van der Waals surface area contributed by atoms with Crippen LogP contribution in [0.1, 0.15) is 0 Å². The van der Waals surface area contributed by atoms with Crippen molar-refractivity contribution >= 4 is 63.8 Å². The minimum atomic E-state index is 0.641. The molecule has 0 aliphatic heterocycles. The summed E-state index contributed by atoms with van der Waals surface area (Å²) in [5.74, 6) is 1.95. The molecule has 0 amide bonds. The Balaban J connectivity index is 1.07. The first kappa shape index (κ1) is 31.5. The van der Waals surface area contributed by atoms with Crippen molar-refractivity contribution in [1.29, 1.82) is 0 Å².